The molecule has 1 amide bonds. The molecule has 1 aliphatic heterocycles. The first-order chi connectivity index (χ1) is 6.59. The first-order valence-electron chi connectivity index (χ1n) is 4.33. The molecule has 2 rings (SSSR count). The Morgan fingerprint density at radius 3 is 2.93 bits per heavy atom. The lowest BCUT2D eigenvalue weighted by Gasteiger charge is -2.29. The standard InChI is InChI=1S/C10H10BrNOS/c1-6-10(13)12(2)8-5-7(11)3-4-9(8)14-6/h3-6H,1-2H3. The second-order valence-corrected chi connectivity index (χ2v) is 5.57. The number of rotatable bonds is 0. The number of anilines is 1. The van der Waals surface area contributed by atoms with Crippen LogP contribution in [0, 0.1) is 0 Å². The van der Waals surface area contributed by atoms with Gasteiger partial charge in [0.2, 0.25) is 5.91 Å². The molecule has 0 radical (unpaired) electrons. The summed E-state index contributed by atoms with van der Waals surface area (Å²) in [6.07, 6.45) is 0. The number of fused-ring (bicyclic) bond motifs is 1. The van der Waals surface area contributed by atoms with E-state index >= 15 is 0 Å². The van der Waals surface area contributed by atoms with Gasteiger partial charge in [-0.2, -0.15) is 0 Å². The van der Waals surface area contributed by atoms with Crippen LogP contribution < -0.4 is 4.90 Å². The molecule has 74 valence electrons. The predicted molar refractivity (Wildman–Crippen MR) is 62.9 cm³/mol. The summed E-state index contributed by atoms with van der Waals surface area (Å²) in [6, 6.07) is 6.03. The number of amides is 1. The van der Waals surface area contributed by atoms with Gasteiger partial charge in [-0.05, 0) is 25.1 Å². The van der Waals surface area contributed by atoms with Crippen molar-refractivity contribution >= 4 is 39.3 Å². The zero-order chi connectivity index (χ0) is 10.3. The highest BCUT2D eigenvalue weighted by Gasteiger charge is 2.27. The van der Waals surface area contributed by atoms with Crippen molar-refractivity contribution in [3.8, 4) is 0 Å². The van der Waals surface area contributed by atoms with Crippen LogP contribution >= 0.6 is 27.7 Å². The maximum absolute atomic E-state index is 11.7. The maximum Gasteiger partial charge on any atom is 0.239 e. The van der Waals surface area contributed by atoms with E-state index in [9.17, 15) is 4.79 Å². The quantitative estimate of drug-likeness (QED) is 0.723. The topological polar surface area (TPSA) is 20.3 Å². The molecular formula is C10H10BrNOS. The molecule has 1 aromatic rings. The molecule has 0 fully saturated rings. The number of carbonyl (C=O) groups excluding carboxylic acids is 1. The largest absolute Gasteiger partial charge is 0.313 e. The highest BCUT2D eigenvalue weighted by Crippen LogP contribution is 2.39. The minimum absolute atomic E-state index is 0.0219. The van der Waals surface area contributed by atoms with Gasteiger partial charge in [0.1, 0.15) is 0 Å². The van der Waals surface area contributed by atoms with Crippen LogP contribution in [0.5, 0.6) is 0 Å². The number of benzene rings is 1. The third-order valence-electron chi connectivity index (χ3n) is 2.26. The van der Waals surface area contributed by atoms with Gasteiger partial charge in [0.15, 0.2) is 0 Å². The van der Waals surface area contributed by atoms with Gasteiger partial charge in [0, 0.05) is 16.4 Å². The van der Waals surface area contributed by atoms with Gasteiger partial charge in [0.25, 0.3) is 0 Å². The SMILES string of the molecule is CC1Sc2ccc(Br)cc2N(C)C1=O. The summed E-state index contributed by atoms with van der Waals surface area (Å²) in [5, 5.41) is 0.0219. The smallest absolute Gasteiger partial charge is 0.239 e. The third kappa shape index (κ3) is 1.57. The van der Waals surface area contributed by atoms with Crippen LogP contribution in [0.2, 0.25) is 0 Å². The summed E-state index contributed by atoms with van der Waals surface area (Å²) in [5.41, 5.74) is 0.993. The first-order valence-corrected chi connectivity index (χ1v) is 6.00. The molecule has 1 atom stereocenters. The van der Waals surface area contributed by atoms with Crippen molar-refractivity contribution in [3.05, 3.63) is 22.7 Å². The number of hydrogen-bond donors (Lipinski definition) is 0. The fourth-order valence-corrected chi connectivity index (χ4v) is 2.94. The molecule has 2 nitrogen and oxygen atoms in total. The lowest BCUT2D eigenvalue weighted by molar-refractivity contribution is -0.117. The Bertz CT molecular complexity index is 394. The summed E-state index contributed by atoms with van der Waals surface area (Å²) in [7, 11) is 1.82. The van der Waals surface area contributed by atoms with Crippen molar-refractivity contribution in [2.75, 3.05) is 11.9 Å². The molecule has 0 spiro atoms. The van der Waals surface area contributed by atoms with E-state index in [1.165, 1.54) is 4.90 Å². The Kier molecular flexibility index (Phi) is 2.58. The summed E-state index contributed by atoms with van der Waals surface area (Å²) in [6.45, 7) is 1.94. The van der Waals surface area contributed by atoms with Crippen LogP contribution in [0.25, 0.3) is 0 Å². The lowest BCUT2D eigenvalue weighted by atomic mass is 10.2. The summed E-state index contributed by atoms with van der Waals surface area (Å²) >= 11 is 5.03. The number of halogens is 1. The Morgan fingerprint density at radius 1 is 1.50 bits per heavy atom. The highest BCUT2D eigenvalue weighted by atomic mass is 79.9. The Hall–Kier alpha value is -0.480. The van der Waals surface area contributed by atoms with Crippen molar-refractivity contribution in [2.24, 2.45) is 0 Å². The minimum atomic E-state index is 0.0219. The van der Waals surface area contributed by atoms with Gasteiger partial charge in [-0.15, -0.1) is 11.8 Å². The van der Waals surface area contributed by atoms with E-state index in [1.807, 2.05) is 32.2 Å². The molecule has 0 aliphatic carbocycles. The zero-order valence-electron chi connectivity index (χ0n) is 7.95. The molecule has 4 heteroatoms. The normalized spacial score (nSPS) is 20.9. The number of hydrogen-bond acceptors (Lipinski definition) is 2. The summed E-state index contributed by atoms with van der Waals surface area (Å²) in [5.74, 6) is 0.167. The van der Waals surface area contributed by atoms with Crippen LogP contribution in [-0.4, -0.2) is 18.2 Å². The summed E-state index contributed by atoms with van der Waals surface area (Å²) < 4.78 is 1.01. The van der Waals surface area contributed by atoms with Crippen LogP contribution in [0.3, 0.4) is 0 Å². The molecule has 0 saturated heterocycles. The molecule has 0 aromatic heterocycles. The van der Waals surface area contributed by atoms with Crippen molar-refractivity contribution in [1.29, 1.82) is 0 Å². The van der Waals surface area contributed by atoms with Gasteiger partial charge >= 0.3 is 0 Å². The monoisotopic (exact) mass is 271 g/mol. The third-order valence-corrected chi connectivity index (χ3v) is 3.91. The molecule has 1 aliphatic rings. The molecule has 1 aromatic carbocycles. The molecule has 14 heavy (non-hydrogen) atoms. The Morgan fingerprint density at radius 2 is 2.21 bits per heavy atom. The van der Waals surface area contributed by atoms with E-state index in [1.54, 1.807) is 16.7 Å². The molecule has 0 saturated carbocycles. The average molecular weight is 272 g/mol. The van der Waals surface area contributed by atoms with Gasteiger partial charge in [-0.1, -0.05) is 15.9 Å². The van der Waals surface area contributed by atoms with Gasteiger partial charge < -0.3 is 4.90 Å². The second kappa shape index (κ2) is 3.59. The molecule has 1 heterocycles. The van der Waals surface area contributed by atoms with E-state index < -0.39 is 0 Å². The molecular weight excluding hydrogens is 262 g/mol. The number of nitrogens with zero attached hydrogens (tertiary/aromatic N) is 1. The fourth-order valence-electron chi connectivity index (χ4n) is 1.48. The summed E-state index contributed by atoms with van der Waals surface area (Å²) in [4.78, 5) is 14.6. The van der Waals surface area contributed by atoms with E-state index in [0.29, 0.717) is 0 Å². The van der Waals surface area contributed by atoms with Crippen molar-refractivity contribution in [1.82, 2.24) is 0 Å². The van der Waals surface area contributed by atoms with Crippen molar-refractivity contribution in [2.45, 2.75) is 17.1 Å². The van der Waals surface area contributed by atoms with Crippen molar-refractivity contribution in [3.63, 3.8) is 0 Å². The second-order valence-electron chi connectivity index (χ2n) is 3.27. The molecule has 1 unspecified atom stereocenters. The van der Waals surface area contributed by atoms with Crippen molar-refractivity contribution < 1.29 is 4.79 Å². The lowest BCUT2D eigenvalue weighted by Crippen LogP contribution is -2.36. The van der Waals surface area contributed by atoms with E-state index in [-0.39, 0.29) is 11.2 Å². The average Bonchev–Trinajstić information content (AvgIpc) is 2.16. The van der Waals surface area contributed by atoms with Crippen LogP contribution in [0.4, 0.5) is 5.69 Å². The van der Waals surface area contributed by atoms with Gasteiger partial charge in [-0.25, -0.2) is 0 Å². The number of thioether (sulfide) groups is 1. The highest BCUT2D eigenvalue weighted by molar-refractivity contribution is 9.10. The van der Waals surface area contributed by atoms with Gasteiger partial charge in [-0.3, -0.25) is 4.79 Å². The Balaban J connectivity index is 2.51. The van der Waals surface area contributed by atoms with Crippen LogP contribution in [0.1, 0.15) is 6.92 Å². The minimum Gasteiger partial charge on any atom is -0.313 e. The number of carbonyl (C=O) groups is 1. The predicted octanol–water partition coefficient (Wildman–Crippen LogP) is 2.91. The van der Waals surface area contributed by atoms with E-state index in [0.717, 1.165) is 10.2 Å². The van der Waals surface area contributed by atoms with Gasteiger partial charge in [0.05, 0.1) is 10.9 Å². The molecule has 0 bridgehead atoms. The van der Waals surface area contributed by atoms with Crippen LogP contribution in [-0.2, 0) is 4.79 Å². The molecule has 0 N–H and O–H groups in total. The first kappa shape index (κ1) is 10.1. The Labute approximate surface area is 95.8 Å². The van der Waals surface area contributed by atoms with E-state index in [2.05, 4.69) is 15.9 Å². The maximum atomic E-state index is 11.7. The van der Waals surface area contributed by atoms with E-state index in [4.69, 9.17) is 0 Å². The zero-order valence-corrected chi connectivity index (χ0v) is 10.4. The van der Waals surface area contributed by atoms with Crippen LogP contribution in [0.15, 0.2) is 27.6 Å². The fraction of sp³-hybridized carbons (Fsp3) is 0.300.